The third-order valence-electron chi connectivity index (χ3n) is 3.97. The van der Waals surface area contributed by atoms with Crippen LogP contribution in [-0.2, 0) is 11.3 Å². The van der Waals surface area contributed by atoms with E-state index in [-0.39, 0.29) is 5.91 Å². The molecule has 1 aromatic rings. The lowest BCUT2D eigenvalue weighted by Gasteiger charge is -2.21. The van der Waals surface area contributed by atoms with Crippen LogP contribution in [0.15, 0.2) is 35.9 Å². The fraction of sp³-hybridized carbons (Fsp3) is 0.500. The van der Waals surface area contributed by atoms with Crippen molar-refractivity contribution < 1.29 is 9.53 Å². The third-order valence-corrected chi connectivity index (χ3v) is 3.97. The minimum absolute atomic E-state index is 0.246. The number of benzene rings is 1. The second-order valence-electron chi connectivity index (χ2n) is 6.00. The average Bonchev–Trinajstić information content (AvgIpc) is 2.69. The van der Waals surface area contributed by atoms with Crippen molar-refractivity contribution in [3.8, 4) is 5.75 Å². The molecule has 0 atom stereocenters. The molecule has 1 fully saturated rings. The van der Waals surface area contributed by atoms with Gasteiger partial charge in [0, 0.05) is 39.1 Å². The van der Waals surface area contributed by atoms with Crippen molar-refractivity contribution >= 4 is 5.91 Å². The van der Waals surface area contributed by atoms with Crippen LogP contribution in [0.25, 0.3) is 0 Å². The molecule has 22 heavy (non-hydrogen) atoms. The van der Waals surface area contributed by atoms with Crippen LogP contribution in [-0.4, -0.2) is 49.0 Å². The van der Waals surface area contributed by atoms with Gasteiger partial charge in [0.25, 0.3) is 0 Å². The molecule has 1 aliphatic rings. The van der Waals surface area contributed by atoms with Crippen molar-refractivity contribution in [3.05, 3.63) is 41.5 Å². The lowest BCUT2D eigenvalue weighted by molar-refractivity contribution is -0.130. The number of amides is 1. The highest BCUT2D eigenvalue weighted by Crippen LogP contribution is 2.15. The molecule has 4 nitrogen and oxygen atoms in total. The van der Waals surface area contributed by atoms with Gasteiger partial charge in [-0.05, 0) is 31.5 Å². The summed E-state index contributed by atoms with van der Waals surface area (Å²) in [5, 5.41) is 0. The molecular weight excluding hydrogens is 276 g/mol. The number of methoxy groups -OCH3 is 1. The van der Waals surface area contributed by atoms with Gasteiger partial charge in [-0.25, -0.2) is 0 Å². The van der Waals surface area contributed by atoms with Crippen molar-refractivity contribution in [1.29, 1.82) is 0 Å². The van der Waals surface area contributed by atoms with E-state index in [4.69, 9.17) is 4.74 Å². The second-order valence-corrected chi connectivity index (χ2v) is 6.00. The van der Waals surface area contributed by atoms with E-state index in [0.29, 0.717) is 13.0 Å². The smallest absolute Gasteiger partial charge is 0.224 e. The summed E-state index contributed by atoms with van der Waals surface area (Å²) in [4.78, 5) is 16.6. The van der Waals surface area contributed by atoms with E-state index in [2.05, 4.69) is 24.8 Å². The summed E-state index contributed by atoms with van der Waals surface area (Å²) in [6.07, 6.45) is 2.83. The maximum atomic E-state index is 12.3. The summed E-state index contributed by atoms with van der Waals surface area (Å²) in [7, 11) is 1.66. The molecule has 0 bridgehead atoms. The molecule has 2 rings (SSSR count). The molecule has 1 heterocycles. The van der Waals surface area contributed by atoms with Gasteiger partial charge in [-0.15, -0.1) is 0 Å². The largest absolute Gasteiger partial charge is 0.497 e. The van der Waals surface area contributed by atoms with Gasteiger partial charge in [-0.2, -0.15) is 0 Å². The van der Waals surface area contributed by atoms with Crippen LogP contribution in [0.5, 0.6) is 5.75 Å². The van der Waals surface area contributed by atoms with E-state index < -0.39 is 0 Å². The molecule has 0 N–H and O–H groups in total. The molecule has 1 aliphatic heterocycles. The molecule has 4 heteroatoms. The fourth-order valence-electron chi connectivity index (χ4n) is 2.52. The molecule has 0 radical (unpaired) electrons. The van der Waals surface area contributed by atoms with Crippen LogP contribution in [0.3, 0.4) is 0 Å². The van der Waals surface area contributed by atoms with Gasteiger partial charge < -0.3 is 9.64 Å². The van der Waals surface area contributed by atoms with Crippen molar-refractivity contribution in [3.63, 3.8) is 0 Å². The maximum Gasteiger partial charge on any atom is 0.224 e. The molecule has 0 aliphatic carbocycles. The second kappa shape index (κ2) is 7.99. The van der Waals surface area contributed by atoms with Gasteiger partial charge in [0.15, 0.2) is 0 Å². The van der Waals surface area contributed by atoms with E-state index in [1.165, 1.54) is 5.57 Å². The Labute approximate surface area is 133 Å². The highest BCUT2D eigenvalue weighted by molar-refractivity contribution is 5.76. The van der Waals surface area contributed by atoms with E-state index >= 15 is 0 Å². The lowest BCUT2D eigenvalue weighted by atomic mass is 10.2. The highest BCUT2D eigenvalue weighted by atomic mass is 16.5. The zero-order valence-electron chi connectivity index (χ0n) is 13.8. The molecular formula is C18H26N2O2. The molecule has 0 unspecified atom stereocenters. The Hall–Kier alpha value is -1.81. The predicted octanol–water partition coefficient (Wildman–Crippen LogP) is 2.70. The Bertz CT molecular complexity index is 518. The normalized spacial score (nSPS) is 16.3. The lowest BCUT2D eigenvalue weighted by Crippen LogP contribution is -2.32. The van der Waals surface area contributed by atoms with Gasteiger partial charge in [0.05, 0.1) is 7.11 Å². The maximum absolute atomic E-state index is 12.3. The number of nitrogens with zero attached hydrogens (tertiary/aromatic N) is 2. The van der Waals surface area contributed by atoms with Crippen LogP contribution in [0.1, 0.15) is 25.8 Å². The van der Waals surface area contributed by atoms with Gasteiger partial charge in [-0.1, -0.05) is 23.8 Å². The molecule has 1 aromatic carbocycles. The van der Waals surface area contributed by atoms with Crippen molar-refractivity contribution in [2.75, 3.05) is 33.3 Å². The number of carbonyl (C=O) groups is 1. The topological polar surface area (TPSA) is 32.8 Å². The van der Waals surface area contributed by atoms with Crippen molar-refractivity contribution in [2.45, 2.75) is 26.8 Å². The van der Waals surface area contributed by atoms with Crippen LogP contribution in [0.4, 0.5) is 0 Å². The quantitative estimate of drug-likeness (QED) is 0.784. The Balaban J connectivity index is 1.93. The molecule has 120 valence electrons. The molecule has 0 spiro atoms. The summed E-state index contributed by atoms with van der Waals surface area (Å²) < 4.78 is 5.17. The van der Waals surface area contributed by atoms with Gasteiger partial charge in [-0.3, -0.25) is 9.69 Å². The van der Waals surface area contributed by atoms with E-state index in [1.54, 1.807) is 7.11 Å². The molecule has 1 saturated heterocycles. The van der Waals surface area contributed by atoms with E-state index in [0.717, 1.165) is 37.5 Å². The number of allylic oxidation sites excluding steroid dienone is 1. The van der Waals surface area contributed by atoms with Crippen molar-refractivity contribution in [2.24, 2.45) is 0 Å². The summed E-state index contributed by atoms with van der Waals surface area (Å²) >= 11 is 0. The first-order valence-corrected chi connectivity index (χ1v) is 7.85. The first kappa shape index (κ1) is 16.6. The minimum atomic E-state index is 0.246. The number of hydrogen-bond acceptors (Lipinski definition) is 3. The Kier molecular flexibility index (Phi) is 6.01. The summed E-state index contributed by atoms with van der Waals surface area (Å²) in [5.41, 5.74) is 2.47. The Morgan fingerprint density at radius 1 is 1.18 bits per heavy atom. The van der Waals surface area contributed by atoms with Crippen LogP contribution >= 0.6 is 0 Å². The van der Waals surface area contributed by atoms with E-state index in [1.807, 2.05) is 29.2 Å². The van der Waals surface area contributed by atoms with Gasteiger partial charge in [0.1, 0.15) is 5.75 Å². The number of ether oxygens (including phenoxy) is 1. The number of carbonyl (C=O) groups excluding carboxylic acids is 1. The highest BCUT2D eigenvalue weighted by Gasteiger charge is 2.20. The average molecular weight is 302 g/mol. The SMILES string of the molecule is COc1ccc(CN2CCN(CC=C(C)C)CCC2=O)cc1. The first-order chi connectivity index (χ1) is 10.6. The van der Waals surface area contributed by atoms with Crippen LogP contribution < -0.4 is 4.74 Å². The number of rotatable bonds is 5. The van der Waals surface area contributed by atoms with Crippen LogP contribution in [0.2, 0.25) is 0 Å². The zero-order valence-corrected chi connectivity index (χ0v) is 13.8. The fourth-order valence-corrected chi connectivity index (χ4v) is 2.52. The monoisotopic (exact) mass is 302 g/mol. The zero-order chi connectivity index (χ0) is 15.9. The van der Waals surface area contributed by atoms with Gasteiger partial charge in [0.2, 0.25) is 5.91 Å². The Morgan fingerprint density at radius 3 is 2.55 bits per heavy atom. The third kappa shape index (κ3) is 4.88. The summed E-state index contributed by atoms with van der Waals surface area (Å²) in [5.74, 6) is 1.09. The van der Waals surface area contributed by atoms with E-state index in [9.17, 15) is 4.79 Å². The molecule has 0 aromatic heterocycles. The molecule has 0 saturated carbocycles. The summed E-state index contributed by atoms with van der Waals surface area (Å²) in [6, 6.07) is 7.94. The first-order valence-electron chi connectivity index (χ1n) is 7.85. The Morgan fingerprint density at radius 2 is 1.91 bits per heavy atom. The minimum Gasteiger partial charge on any atom is -0.497 e. The number of hydrogen-bond donors (Lipinski definition) is 0. The van der Waals surface area contributed by atoms with Gasteiger partial charge >= 0.3 is 0 Å². The predicted molar refractivity (Wildman–Crippen MR) is 88.9 cm³/mol. The van der Waals surface area contributed by atoms with Crippen LogP contribution in [0, 0.1) is 0 Å². The standard InChI is InChI=1S/C18H26N2O2/c1-15(2)8-10-19-11-9-18(21)20(13-12-19)14-16-4-6-17(22-3)7-5-16/h4-8H,9-14H2,1-3H3. The molecule has 1 amide bonds. The summed E-state index contributed by atoms with van der Waals surface area (Å²) in [6.45, 7) is 8.41. The van der Waals surface area contributed by atoms with Crippen molar-refractivity contribution in [1.82, 2.24) is 9.80 Å².